The lowest BCUT2D eigenvalue weighted by atomic mass is 10.1. The van der Waals surface area contributed by atoms with Crippen molar-refractivity contribution in [3.63, 3.8) is 0 Å². The molecule has 0 heterocycles. The topological polar surface area (TPSA) is 50.1 Å². The van der Waals surface area contributed by atoms with E-state index in [1.807, 2.05) is 6.92 Å². The van der Waals surface area contributed by atoms with Crippen molar-refractivity contribution in [1.82, 2.24) is 0 Å². The normalized spacial score (nSPS) is 9.43. The highest BCUT2D eigenvalue weighted by Crippen LogP contribution is 2.07. The predicted molar refractivity (Wildman–Crippen MR) is 54.6 cm³/mol. The fourth-order valence-corrected chi connectivity index (χ4v) is 1.24. The van der Waals surface area contributed by atoms with Gasteiger partial charge in [0.2, 0.25) is 0 Å². The van der Waals surface area contributed by atoms with Gasteiger partial charge in [-0.15, -0.1) is 0 Å². The van der Waals surface area contributed by atoms with Gasteiger partial charge in [-0.25, -0.2) is 0 Å². The smallest absolute Gasteiger partial charge is 0.305 e. The maximum Gasteiger partial charge on any atom is 0.305 e. The average molecular weight is 197 g/mol. The second-order valence-electron chi connectivity index (χ2n) is 3.23. The Bertz CT molecular complexity index is 184. The Balaban J connectivity index is 3.06. The Morgan fingerprint density at radius 3 is 2.50 bits per heavy atom. The zero-order valence-corrected chi connectivity index (χ0v) is 8.92. The summed E-state index contributed by atoms with van der Waals surface area (Å²) in [7, 11) is 0. The molecule has 0 N–H and O–H groups in total. The summed E-state index contributed by atoms with van der Waals surface area (Å²) in [5.74, 6) is -0.0930. The summed E-state index contributed by atoms with van der Waals surface area (Å²) in [6.07, 6.45) is 6.34. The first-order valence-corrected chi connectivity index (χ1v) is 5.33. The second-order valence-corrected chi connectivity index (χ2v) is 3.23. The number of hydrogen-bond acceptors (Lipinski definition) is 3. The molecule has 0 aromatic rings. The predicted octanol–water partition coefficient (Wildman–Crippen LogP) is 2.80. The van der Waals surface area contributed by atoms with Crippen molar-refractivity contribution in [2.45, 2.75) is 51.9 Å². The standard InChI is InChI=1S/C11H19NO2/c1-2-14-11(13)9-7-5-3-4-6-8-10-12/h2-9H2,1H3. The molecule has 0 unspecified atom stereocenters. The molecular weight excluding hydrogens is 178 g/mol. The molecule has 0 aliphatic heterocycles. The Labute approximate surface area is 86.1 Å². The number of esters is 1. The summed E-state index contributed by atoms with van der Waals surface area (Å²) in [6.45, 7) is 2.29. The number of carbonyl (C=O) groups is 1. The minimum absolute atomic E-state index is 0.0930. The lowest BCUT2D eigenvalue weighted by Crippen LogP contribution is -2.03. The van der Waals surface area contributed by atoms with Crippen molar-refractivity contribution in [2.75, 3.05) is 6.61 Å². The summed E-state index contributed by atoms with van der Waals surface area (Å²) in [5, 5.41) is 8.29. The molecular formula is C11H19NO2. The van der Waals surface area contributed by atoms with Gasteiger partial charge in [-0.2, -0.15) is 5.26 Å². The Kier molecular flexibility index (Phi) is 9.30. The van der Waals surface area contributed by atoms with Gasteiger partial charge in [0.25, 0.3) is 0 Å². The Morgan fingerprint density at radius 1 is 1.21 bits per heavy atom. The minimum atomic E-state index is -0.0930. The molecule has 0 rings (SSSR count). The molecule has 0 radical (unpaired) electrons. The molecule has 0 saturated carbocycles. The number of unbranched alkanes of at least 4 members (excludes halogenated alkanes) is 5. The summed E-state index contributed by atoms with van der Waals surface area (Å²) >= 11 is 0. The van der Waals surface area contributed by atoms with Gasteiger partial charge in [0.15, 0.2) is 0 Å². The largest absolute Gasteiger partial charge is 0.466 e. The van der Waals surface area contributed by atoms with Crippen LogP contribution in [0.25, 0.3) is 0 Å². The molecule has 0 fully saturated rings. The second kappa shape index (κ2) is 10.0. The first-order chi connectivity index (χ1) is 6.81. The summed E-state index contributed by atoms with van der Waals surface area (Å²) in [5.41, 5.74) is 0. The van der Waals surface area contributed by atoms with Crippen molar-refractivity contribution < 1.29 is 9.53 Å². The Morgan fingerprint density at radius 2 is 1.86 bits per heavy atom. The molecule has 80 valence electrons. The van der Waals surface area contributed by atoms with E-state index >= 15 is 0 Å². The van der Waals surface area contributed by atoms with Crippen LogP contribution in [-0.2, 0) is 9.53 Å². The highest BCUT2D eigenvalue weighted by atomic mass is 16.5. The zero-order valence-electron chi connectivity index (χ0n) is 8.92. The molecule has 0 aliphatic rings. The molecule has 0 atom stereocenters. The quantitative estimate of drug-likeness (QED) is 0.444. The number of carbonyl (C=O) groups excluding carboxylic acids is 1. The van der Waals surface area contributed by atoms with Crippen LogP contribution in [0.3, 0.4) is 0 Å². The van der Waals surface area contributed by atoms with Gasteiger partial charge in [0.1, 0.15) is 0 Å². The van der Waals surface area contributed by atoms with Crippen LogP contribution in [0.5, 0.6) is 0 Å². The van der Waals surface area contributed by atoms with Gasteiger partial charge >= 0.3 is 5.97 Å². The van der Waals surface area contributed by atoms with E-state index < -0.39 is 0 Å². The summed E-state index contributed by atoms with van der Waals surface area (Å²) in [4.78, 5) is 10.9. The van der Waals surface area contributed by atoms with Gasteiger partial charge in [-0.1, -0.05) is 19.3 Å². The molecule has 0 aliphatic carbocycles. The van der Waals surface area contributed by atoms with E-state index in [0.717, 1.165) is 32.1 Å². The van der Waals surface area contributed by atoms with Crippen molar-refractivity contribution in [3.8, 4) is 6.07 Å². The van der Waals surface area contributed by atoms with Crippen LogP contribution < -0.4 is 0 Å². The highest BCUT2D eigenvalue weighted by Gasteiger charge is 2.00. The average Bonchev–Trinajstić information content (AvgIpc) is 2.17. The molecule has 0 bridgehead atoms. The van der Waals surface area contributed by atoms with Crippen LogP contribution in [0.1, 0.15) is 51.9 Å². The lowest BCUT2D eigenvalue weighted by molar-refractivity contribution is -0.143. The van der Waals surface area contributed by atoms with E-state index in [0.29, 0.717) is 19.4 Å². The van der Waals surface area contributed by atoms with Crippen LogP contribution in [0, 0.1) is 11.3 Å². The van der Waals surface area contributed by atoms with Crippen LogP contribution in [0.2, 0.25) is 0 Å². The Hall–Kier alpha value is -1.04. The molecule has 3 heteroatoms. The third-order valence-corrected chi connectivity index (χ3v) is 1.97. The van der Waals surface area contributed by atoms with Crippen LogP contribution >= 0.6 is 0 Å². The van der Waals surface area contributed by atoms with Gasteiger partial charge in [0, 0.05) is 12.8 Å². The van der Waals surface area contributed by atoms with Crippen molar-refractivity contribution in [1.29, 1.82) is 5.26 Å². The first-order valence-electron chi connectivity index (χ1n) is 5.33. The van der Waals surface area contributed by atoms with Crippen LogP contribution in [0.4, 0.5) is 0 Å². The van der Waals surface area contributed by atoms with E-state index in [1.165, 1.54) is 0 Å². The van der Waals surface area contributed by atoms with Gasteiger partial charge in [0.05, 0.1) is 12.7 Å². The first kappa shape index (κ1) is 13.0. The fraction of sp³-hybridized carbons (Fsp3) is 0.818. The summed E-state index contributed by atoms with van der Waals surface area (Å²) in [6, 6.07) is 2.12. The van der Waals surface area contributed by atoms with E-state index in [-0.39, 0.29) is 5.97 Å². The van der Waals surface area contributed by atoms with Crippen molar-refractivity contribution in [2.24, 2.45) is 0 Å². The monoisotopic (exact) mass is 197 g/mol. The van der Waals surface area contributed by atoms with Gasteiger partial charge in [-0.3, -0.25) is 4.79 Å². The zero-order chi connectivity index (χ0) is 10.6. The SMILES string of the molecule is CCOC(=O)CCCCCCCC#N. The van der Waals surface area contributed by atoms with E-state index in [2.05, 4.69) is 6.07 Å². The number of nitrogens with zero attached hydrogens (tertiary/aromatic N) is 1. The van der Waals surface area contributed by atoms with Gasteiger partial charge in [-0.05, 0) is 19.8 Å². The minimum Gasteiger partial charge on any atom is -0.466 e. The van der Waals surface area contributed by atoms with E-state index in [9.17, 15) is 4.79 Å². The fourth-order valence-electron chi connectivity index (χ4n) is 1.24. The number of ether oxygens (including phenoxy) is 1. The third-order valence-electron chi connectivity index (χ3n) is 1.97. The molecule has 0 aromatic heterocycles. The van der Waals surface area contributed by atoms with Gasteiger partial charge < -0.3 is 4.74 Å². The maximum atomic E-state index is 10.9. The van der Waals surface area contributed by atoms with Crippen molar-refractivity contribution >= 4 is 5.97 Å². The lowest BCUT2D eigenvalue weighted by Gasteiger charge is -2.01. The highest BCUT2D eigenvalue weighted by molar-refractivity contribution is 5.69. The maximum absolute atomic E-state index is 10.9. The molecule has 0 amide bonds. The molecule has 0 saturated heterocycles. The molecule has 0 spiro atoms. The number of rotatable bonds is 8. The molecule has 14 heavy (non-hydrogen) atoms. The van der Waals surface area contributed by atoms with E-state index in [4.69, 9.17) is 10.00 Å². The third kappa shape index (κ3) is 9.05. The molecule has 3 nitrogen and oxygen atoms in total. The van der Waals surface area contributed by atoms with Crippen LogP contribution in [-0.4, -0.2) is 12.6 Å². The number of hydrogen-bond donors (Lipinski definition) is 0. The van der Waals surface area contributed by atoms with Crippen LogP contribution in [0.15, 0.2) is 0 Å². The van der Waals surface area contributed by atoms with E-state index in [1.54, 1.807) is 0 Å². The molecule has 0 aromatic carbocycles. The summed E-state index contributed by atoms with van der Waals surface area (Å²) < 4.78 is 4.80. The number of nitriles is 1. The van der Waals surface area contributed by atoms with Crippen molar-refractivity contribution in [3.05, 3.63) is 0 Å².